The van der Waals surface area contributed by atoms with Crippen molar-refractivity contribution in [1.82, 2.24) is 5.48 Å². The summed E-state index contributed by atoms with van der Waals surface area (Å²) in [6, 6.07) is 12.4. The maximum Gasteiger partial charge on any atom is 0.200 e. The number of phenols is 3. The van der Waals surface area contributed by atoms with Crippen LogP contribution in [0.5, 0.6) is 17.2 Å². The highest BCUT2D eigenvalue weighted by Gasteiger charge is 2.10. The minimum absolute atomic E-state index is 0.215. The third kappa shape index (κ3) is 3.37. The SMILES string of the molecule is Oc1ccc(CNOCc2ccccc2)c(O)c1O. The van der Waals surface area contributed by atoms with E-state index in [1.54, 1.807) is 0 Å². The maximum atomic E-state index is 9.59. The van der Waals surface area contributed by atoms with E-state index in [1.165, 1.54) is 12.1 Å². The second-order valence-electron chi connectivity index (χ2n) is 4.04. The van der Waals surface area contributed by atoms with E-state index in [4.69, 9.17) is 4.84 Å². The van der Waals surface area contributed by atoms with Gasteiger partial charge in [0.2, 0.25) is 5.75 Å². The second-order valence-corrected chi connectivity index (χ2v) is 4.04. The van der Waals surface area contributed by atoms with Crippen LogP contribution >= 0.6 is 0 Å². The van der Waals surface area contributed by atoms with Gasteiger partial charge in [0.1, 0.15) is 0 Å². The van der Waals surface area contributed by atoms with Crippen LogP contribution in [0.2, 0.25) is 0 Å². The molecule has 2 rings (SSSR count). The van der Waals surface area contributed by atoms with E-state index in [9.17, 15) is 15.3 Å². The summed E-state index contributed by atoms with van der Waals surface area (Å²) in [6.07, 6.45) is 0. The summed E-state index contributed by atoms with van der Waals surface area (Å²) in [6.45, 7) is 0.609. The van der Waals surface area contributed by atoms with E-state index in [-0.39, 0.29) is 18.0 Å². The van der Waals surface area contributed by atoms with Crippen molar-refractivity contribution in [2.45, 2.75) is 13.2 Å². The van der Waals surface area contributed by atoms with Crippen molar-refractivity contribution in [3.63, 3.8) is 0 Å². The second kappa shape index (κ2) is 6.08. The number of hydrogen-bond acceptors (Lipinski definition) is 5. The summed E-state index contributed by atoms with van der Waals surface area (Å²) < 4.78 is 0. The fraction of sp³-hybridized carbons (Fsp3) is 0.143. The average molecular weight is 261 g/mol. The molecule has 0 atom stereocenters. The molecule has 0 aliphatic rings. The first kappa shape index (κ1) is 13.2. The lowest BCUT2D eigenvalue weighted by Gasteiger charge is -2.09. The van der Waals surface area contributed by atoms with Gasteiger partial charge in [0, 0.05) is 12.1 Å². The molecule has 5 heteroatoms. The highest BCUT2D eigenvalue weighted by molar-refractivity contribution is 5.52. The molecule has 0 heterocycles. The maximum absolute atomic E-state index is 9.59. The predicted octanol–water partition coefficient (Wildman–Crippen LogP) is 2.02. The van der Waals surface area contributed by atoms with E-state index in [0.29, 0.717) is 12.2 Å². The third-order valence-corrected chi connectivity index (χ3v) is 2.66. The third-order valence-electron chi connectivity index (χ3n) is 2.66. The molecule has 0 spiro atoms. The average Bonchev–Trinajstić information content (AvgIpc) is 2.44. The molecule has 0 fully saturated rings. The molecule has 5 nitrogen and oxygen atoms in total. The van der Waals surface area contributed by atoms with Crippen LogP contribution < -0.4 is 5.48 Å². The Morgan fingerprint density at radius 3 is 2.37 bits per heavy atom. The van der Waals surface area contributed by atoms with Gasteiger partial charge in [0.25, 0.3) is 0 Å². The summed E-state index contributed by atoms with van der Waals surface area (Å²) in [7, 11) is 0. The fourth-order valence-corrected chi connectivity index (χ4v) is 1.59. The normalized spacial score (nSPS) is 10.5. The number of hydrogen-bond donors (Lipinski definition) is 4. The van der Waals surface area contributed by atoms with Crippen LogP contribution in [0.15, 0.2) is 42.5 Å². The highest BCUT2D eigenvalue weighted by Crippen LogP contribution is 2.36. The van der Waals surface area contributed by atoms with Crippen molar-refractivity contribution in [2.24, 2.45) is 0 Å². The Kier molecular flexibility index (Phi) is 4.22. The number of rotatable bonds is 5. The summed E-state index contributed by atoms with van der Waals surface area (Å²) in [4.78, 5) is 5.24. The molecule has 2 aromatic rings. The Morgan fingerprint density at radius 2 is 1.63 bits per heavy atom. The van der Waals surface area contributed by atoms with Crippen molar-refractivity contribution < 1.29 is 20.2 Å². The van der Waals surface area contributed by atoms with Crippen LogP contribution in [0.4, 0.5) is 0 Å². The zero-order chi connectivity index (χ0) is 13.7. The quantitative estimate of drug-likeness (QED) is 0.376. The standard InChI is InChI=1S/C14H15NO4/c16-12-7-6-11(13(17)14(12)18)8-15-19-9-10-4-2-1-3-5-10/h1-7,15-18H,8-9H2. The summed E-state index contributed by atoms with van der Waals surface area (Å²) in [5.74, 6) is -1.23. The zero-order valence-electron chi connectivity index (χ0n) is 10.2. The first-order chi connectivity index (χ1) is 9.18. The zero-order valence-corrected chi connectivity index (χ0v) is 10.2. The van der Waals surface area contributed by atoms with E-state index in [0.717, 1.165) is 5.56 Å². The molecule has 0 bridgehead atoms. The number of phenolic OH excluding ortho intramolecular Hbond substituents is 3. The predicted molar refractivity (Wildman–Crippen MR) is 69.5 cm³/mol. The highest BCUT2D eigenvalue weighted by atomic mass is 16.6. The van der Waals surface area contributed by atoms with Crippen LogP contribution in [-0.4, -0.2) is 15.3 Å². The molecule has 0 amide bonds. The van der Waals surface area contributed by atoms with Crippen molar-refractivity contribution in [1.29, 1.82) is 0 Å². The summed E-state index contributed by atoms with van der Waals surface area (Å²) >= 11 is 0. The Hall–Kier alpha value is -2.24. The molecule has 2 aromatic carbocycles. The Morgan fingerprint density at radius 1 is 0.895 bits per heavy atom. The molecular formula is C14H15NO4. The topological polar surface area (TPSA) is 82.0 Å². The fourth-order valence-electron chi connectivity index (χ4n) is 1.59. The molecule has 0 saturated carbocycles. The lowest BCUT2D eigenvalue weighted by Crippen LogP contribution is -2.13. The van der Waals surface area contributed by atoms with Crippen molar-refractivity contribution in [2.75, 3.05) is 0 Å². The van der Waals surface area contributed by atoms with Gasteiger partial charge >= 0.3 is 0 Å². The van der Waals surface area contributed by atoms with Gasteiger partial charge in [0.15, 0.2) is 11.5 Å². The minimum Gasteiger partial charge on any atom is -0.504 e. The lowest BCUT2D eigenvalue weighted by molar-refractivity contribution is 0.0231. The minimum atomic E-state index is -0.526. The Balaban J connectivity index is 1.85. The first-order valence-corrected chi connectivity index (χ1v) is 5.80. The summed E-state index contributed by atoms with van der Waals surface area (Å²) in [5.41, 5.74) is 4.14. The molecule has 0 unspecified atom stereocenters. The van der Waals surface area contributed by atoms with Gasteiger partial charge < -0.3 is 15.3 Å². The molecule has 0 saturated heterocycles. The Bertz CT molecular complexity index is 543. The smallest absolute Gasteiger partial charge is 0.200 e. The molecule has 100 valence electrons. The largest absolute Gasteiger partial charge is 0.504 e. The molecule has 0 aliphatic carbocycles. The van der Waals surface area contributed by atoms with E-state index < -0.39 is 5.75 Å². The van der Waals surface area contributed by atoms with Gasteiger partial charge in [0.05, 0.1) is 6.61 Å². The van der Waals surface area contributed by atoms with Crippen LogP contribution in [0.1, 0.15) is 11.1 Å². The van der Waals surface area contributed by atoms with Crippen molar-refractivity contribution >= 4 is 0 Å². The molecule has 4 N–H and O–H groups in total. The van der Waals surface area contributed by atoms with Crippen LogP contribution in [0, 0.1) is 0 Å². The van der Waals surface area contributed by atoms with Gasteiger partial charge in [-0.15, -0.1) is 0 Å². The number of aromatic hydroxyl groups is 3. The first-order valence-electron chi connectivity index (χ1n) is 5.80. The molecular weight excluding hydrogens is 246 g/mol. The van der Waals surface area contributed by atoms with Gasteiger partial charge in [-0.3, -0.25) is 4.84 Å². The van der Waals surface area contributed by atoms with E-state index >= 15 is 0 Å². The Labute approximate surface area is 110 Å². The van der Waals surface area contributed by atoms with Crippen molar-refractivity contribution in [3.8, 4) is 17.2 Å². The van der Waals surface area contributed by atoms with Gasteiger partial charge in [-0.1, -0.05) is 30.3 Å². The number of nitrogens with one attached hydrogen (secondary N) is 1. The molecule has 0 radical (unpaired) electrons. The van der Waals surface area contributed by atoms with Crippen LogP contribution in [0.3, 0.4) is 0 Å². The van der Waals surface area contributed by atoms with Crippen LogP contribution in [0.25, 0.3) is 0 Å². The summed E-state index contributed by atoms with van der Waals surface area (Å²) in [5, 5.41) is 28.1. The number of benzene rings is 2. The molecule has 0 aliphatic heterocycles. The lowest BCUT2D eigenvalue weighted by atomic mass is 10.2. The van der Waals surface area contributed by atoms with Crippen LogP contribution in [-0.2, 0) is 18.0 Å². The van der Waals surface area contributed by atoms with Gasteiger partial charge in [-0.25, -0.2) is 0 Å². The molecule has 0 aromatic heterocycles. The van der Waals surface area contributed by atoms with Gasteiger partial charge in [-0.2, -0.15) is 5.48 Å². The van der Waals surface area contributed by atoms with Gasteiger partial charge in [-0.05, 0) is 17.7 Å². The van der Waals surface area contributed by atoms with E-state index in [2.05, 4.69) is 5.48 Å². The number of hydroxylamine groups is 1. The molecule has 19 heavy (non-hydrogen) atoms. The monoisotopic (exact) mass is 261 g/mol. The van der Waals surface area contributed by atoms with E-state index in [1.807, 2.05) is 30.3 Å². The van der Waals surface area contributed by atoms with Crippen molar-refractivity contribution in [3.05, 3.63) is 53.6 Å².